The Kier molecular flexibility index (Phi) is 12.1. The molecule has 1 fully saturated rings. The maximum absolute atomic E-state index is 13.8. The van der Waals surface area contributed by atoms with Crippen molar-refractivity contribution in [2.75, 3.05) is 6.61 Å². The number of nitro groups is 1. The molecule has 0 spiro atoms. The Hall–Kier alpha value is -6.80. The number of ether oxygens (including phenoxy) is 5. The molecule has 1 N–H and O–H groups in total. The fraction of sp³-hybridized carbons (Fsp3) is 0.200. The molecule has 0 aliphatic carbocycles. The van der Waals surface area contributed by atoms with Crippen molar-refractivity contribution in [1.82, 2.24) is 4.57 Å². The number of carbonyl (C=O) groups excluding carboxylic acids is 1. The van der Waals surface area contributed by atoms with Gasteiger partial charge in [0.2, 0.25) is 5.88 Å². The summed E-state index contributed by atoms with van der Waals surface area (Å²) in [7, 11) is 0. The van der Waals surface area contributed by atoms with E-state index in [1.54, 1.807) is 34.9 Å². The van der Waals surface area contributed by atoms with Gasteiger partial charge >= 0.3 is 0 Å². The summed E-state index contributed by atoms with van der Waals surface area (Å²) in [5.74, 6) is -0.942. The Morgan fingerprint density at radius 3 is 1.74 bits per heavy atom. The van der Waals surface area contributed by atoms with Gasteiger partial charge in [0.1, 0.15) is 24.4 Å². The van der Waals surface area contributed by atoms with Crippen LogP contribution in [0.25, 0.3) is 16.5 Å². The van der Waals surface area contributed by atoms with Crippen LogP contribution in [-0.2, 0) is 54.9 Å². The SMILES string of the molecule is O=C1N=c2ccccc2=C1c1c(O)n([C@@H]2O[C@H](COCc3ccccc3)[C@@H](OCc3ccccc3)[C@H](OCc3ccccc3)[C@H]2OCc2ccccc2)c2ccc([N+](=O)[O-])cc12. The van der Waals surface area contributed by atoms with Crippen molar-refractivity contribution in [1.29, 1.82) is 0 Å². The number of amides is 1. The minimum atomic E-state index is -1.15. The molecule has 312 valence electrons. The predicted octanol–water partition coefficient (Wildman–Crippen LogP) is 7.48. The number of para-hydroxylation sites is 1. The lowest BCUT2D eigenvalue weighted by molar-refractivity contribution is -0.384. The number of non-ortho nitro benzene ring substituents is 1. The predicted molar refractivity (Wildman–Crippen MR) is 230 cm³/mol. The molecule has 1 amide bonds. The maximum atomic E-state index is 13.8. The molecule has 1 aromatic heterocycles. The summed E-state index contributed by atoms with van der Waals surface area (Å²) in [5.41, 5.74) is 4.04. The van der Waals surface area contributed by atoms with Gasteiger partial charge in [0, 0.05) is 22.7 Å². The van der Waals surface area contributed by atoms with E-state index < -0.39 is 41.5 Å². The smallest absolute Gasteiger partial charge is 0.279 e. The topological polar surface area (TPSA) is 144 Å². The summed E-state index contributed by atoms with van der Waals surface area (Å²) in [6.45, 7) is 0.890. The lowest BCUT2D eigenvalue weighted by atomic mass is 9.96. The molecule has 12 nitrogen and oxygen atoms in total. The number of rotatable bonds is 16. The molecule has 0 unspecified atom stereocenters. The quantitative estimate of drug-likeness (QED) is 0.0775. The van der Waals surface area contributed by atoms with Gasteiger partial charge in [0.05, 0.1) is 60.0 Å². The third-order valence-electron chi connectivity index (χ3n) is 11.1. The molecule has 2 aliphatic rings. The van der Waals surface area contributed by atoms with Crippen LogP contribution in [0.4, 0.5) is 5.69 Å². The number of hydrogen-bond acceptors (Lipinski definition) is 9. The Balaban J connectivity index is 1.21. The number of carbonyl (C=O) groups is 1. The van der Waals surface area contributed by atoms with Gasteiger partial charge in [0.25, 0.3) is 11.6 Å². The standard InChI is InChI=1S/C50H43N3O9/c54-48-43(38-23-13-14-24-40(38)51-48)44-39-27-37(53(56)57)25-26-41(39)52(49(44)55)50-47(61-31-36-21-11-4-12-22-36)46(60-30-35-19-9-3-10-20-35)45(59-29-34-17-7-2-8-18-34)42(62-50)32-58-28-33-15-5-1-6-16-33/h1-27,42,45-47,50,55H,28-32H2/t42-,45-,46+,47-,50-/m1/s1. The van der Waals surface area contributed by atoms with Crippen molar-refractivity contribution in [2.24, 2.45) is 4.99 Å². The van der Waals surface area contributed by atoms with E-state index in [0.717, 1.165) is 22.3 Å². The van der Waals surface area contributed by atoms with E-state index in [2.05, 4.69) is 4.99 Å². The van der Waals surface area contributed by atoms with E-state index in [-0.39, 0.29) is 61.1 Å². The highest BCUT2D eigenvalue weighted by molar-refractivity contribution is 6.25. The van der Waals surface area contributed by atoms with Crippen LogP contribution in [-0.4, -0.2) is 51.5 Å². The van der Waals surface area contributed by atoms with Gasteiger partial charge in [-0.1, -0.05) is 140 Å². The maximum Gasteiger partial charge on any atom is 0.279 e. The first-order valence-electron chi connectivity index (χ1n) is 20.4. The third-order valence-corrected chi connectivity index (χ3v) is 11.1. The molecule has 0 saturated carbocycles. The first-order valence-corrected chi connectivity index (χ1v) is 20.4. The summed E-state index contributed by atoms with van der Waals surface area (Å²) < 4.78 is 35.8. The number of nitro benzene ring substituents is 1. The van der Waals surface area contributed by atoms with Crippen molar-refractivity contribution >= 4 is 28.1 Å². The van der Waals surface area contributed by atoms with E-state index >= 15 is 0 Å². The number of aromatic hydroxyl groups is 1. The Bertz CT molecular complexity index is 2800. The summed E-state index contributed by atoms with van der Waals surface area (Å²) in [6.07, 6.45) is -4.55. The van der Waals surface area contributed by atoms with Crippen LogP contribution in [0.15, 0.2) is 169 Å². The molecular weight excluding hydrogens is 787 g/mol. The highest BCUT2D eigenvalue weighted by Crippen LogP contribution is 2.45. The van der Waals surface area contributed by atoms with Gasteiger partial charge in [-0.15, -0.1) is 0 Å². The van der Waals surface area contributed by atoms with Crippen molar-refractivity contribution in [3.8, 4) is 5.88 Å². The van der Waals surface area contributed by atoms with Gasteiger partial charge in [-0.3, -0.25) is 19.5 Å². The summed E-state index contributed by atoms with van der Waals surface area (Å²) in [6, 6.07) is 50.3. The summed E-state index contributed by atoms with van der Waals surface area (Å²) >= 11 is 0. The lowest BCUT2D eigenvalue weighted by Crippen LogP contribution is -2.59. The largest absolute Gasteiger partial charge is 0.494 e. The highest BCUT2D eigenvalue weighted by atomic mass is 16.6. The van der Waals surface area contributed by atoms with Crippen molar-refractivity contribution in [3.05, 3.63) is 212 Å². The van der Waals surface area contributed by atoms with E-state index in [0.29, 0.717) is 16.1 Å². The molecule has 62 heavy (non-hydrogen) atoms. The number of fused-ring (bicyclic) bond motifs is 2. The summed E-state index contributed by atoms with van der Waals surface area (Å²) in [4.78, 5) is 29.8. The zero-order chi connectivity index (χ0) is 42.4. The number of aromatic nitrogens is 1. The van der Waals surface area contributed by atoms with Crippen molar-refractivity contribution < 1.29 is 38.5 Å². The second-order valence-corrected chi connectivity index (χ2v) is 15.2. The molecule has 12 heteroatoms. The van der Waals surface area contributed by atoms with Crippen LogP contribution in [0.1, 0.15) is 34.0 Å². The van der Waals surface area contributed by atoms with E-state index in [4.69, 9.17) is 23.7 Å². The fourth-order valence-electron chi connectivity index (χ4n) is 8.18. The first-order chi connectivity index (χ1) is 30.4. The summed E-state index contributed by atoms with van der Waals surface area (Å²) in [5, 5.41) is 26.1. The molecule has 5 atom stereocenters. The molecule has 0 bridgehead atoms. The molecule has 9 rings (SSSR count). The number of nitrogens with zero attached hydrogens (tertiary/aromatic N) is 3. The number of hydrogen-bond donors (Lipinski definition) is 1. The van der Waals surface area contributed by atoms with Gasteiger partial charge in [-0.05, 0) is 34.4 Å². The molecule has 0 radical (unpaired) electrons. The molecule has 3 heterocycles. The molecular formula is C50H43N3O9. The first kappa shape index (κ1) is 40.6. The molecule has 1 saturated heterocycles. The highest BCUT2D eigenvalue weighted by Gasteiger charge is 2.50. The van der Waals surface area contributed by atoms with Crippen LogP contribution < -0.4 is 10.6 Å². The third kappa shape index (κ3) is 8.55. The zero-order valence-corrected chi connectivity index (χ0v) is 33.6. The van der Waals surface area contributed by atoms with Crippen LogP contribution in [0, 0.1) is 10.1 Å². The molecule has 6 aromatic carbocycles. The fourth-order valence-corrected chi connectivity index (χ4v) is 8.18. The van der Waals surface area contributed by atoms with Crippen LogP contribution in [0.2, 0.25) is 0 Å². The Morgan fingerprint density at radius 1 is 0.645 bits per heavy atom. The van der Waals surface area contributed by atoms with Gasteiger partial charge < -0.3 is 28.8 Å². The van der Waals surface area contributed by atoms with E-state index in [1.807, 2.05) is 121 Å². The van der Waals surface area contributed by atoms with Crippen molar-refractivity contribution in [2.45, 2.75) is 57.1 Å². The molecule has 7 aromatic rings. The Morgan fingerprint density at radius 2 is 1.16 bits per heavy atom. The van der Waals surface area contributed by atoms with Crippen molar-refractivity contribution in [3.63, 3.8) is 0 Å². The minimum absolute atomic E-state index is 0.0574. The lowest BCUT2D eigenvalue weighted by Gasteiger charge is -2.46. The van der Waals surface area contributed by atoms with Gasteiger partial charge in [-0.2, -0.15) is 0 Å². The van der Waals surface area contributed by atoms with Crippen LogP contribution in [0.3, 0.4) is 0 Å². The zero-order valence-electron chi connectivity index (χ0n) is 33.6. The molecule has 2 aliphatic heterocycles. The Labute approximate surface area is 357 Å². The second kappa shape index (κ2) is 18.4. The van der Waals surface area contributed by atoms with Gasteiger partial charge in [-0.25, -0.2) is 4.99 Å². The van der Waals surface area contributed by atoms with Crippen LogP contribution in [0.5, 0.6) is 5.88 Å². The monoisotopic (exact) mass is 829 g/mol. The van der Waals surface area contributed by atoms with E-state index in [1.165, 1.54) is 12.1 Å². The number of benzene rings is 6. The van der Waals surface area contributed by atoms with E-state index in [9.17, 15) is 20.0 Å². The van der Waals surface area contributed by atoms with Gasteiger partial charge in [0.15, 0.2) is 6.23 Å². The minimum Gasteiger partial charge on any atom is -0.494 e. The van der Waals surface area contributed by atoms with Crippen LogP contribution >= 0.6 is 0 Å². The second-order valence-electron chi connectivity index (χ2n) is 15.2. The average molecular weight is 830 g/mol. The normalized spacial score (nSPS) is 19.6. The average Bonchev–Trinajstić information content (AvgIpc) is 3.79.